The standard InChI is InChI=1S/C18H20FN5O3/c1-27-18(26)15-8-13-10-23(5-6-24(13)22-15)17(25)14-9-20-21-16(14)11-3-2-4-12(19)7-11/h2-4,7-8,14,16,20-21H,5-6,9-10H2,1H3. The Hall–Kier alpha value is -2.78. The second-order valence-electron chi connectivity index (χ2n) is 6.66. The zero-order valence-corrected chi connectivity index (χ0v) is 14.8. The third kappa shape index (κ3) is 3.31. The number of carbonyl (C=O) groups is 2. The SMILES string of the molecule is COC(=O)c1cc2n(n1)CCN(C(=O)C1CNNC1c1cccc(F)c1)C2. The van der Waals surface area contributed by atoms with E-state index in [9.17, 15) is 14.0 Å². The highest BCUT2D eigenvalue weighted by molar-refractivity contribution is 5.87. The normalized spacial score (nSPS) is 21.8. The molecule has 1 amide bonds. The minimum Gasteiger partial charge on any atom is -0.464 e. The Bertz CT molecular complexity index is 884. The average Bonchev–Trinajstić information content (AvgIpc) is 3.33. The number of hydrazine groups is 1. The summed E-state index contributed by atoms with van der Waals surface area (Å²) in [6, 6.07) is 7.62. The van der Waals surface area contributed by atoms with Crippen molar-refractivity contribution in [2.45, 2.75) is 19.1 Å². The molecule has 1 aromatic carbocycles. The van der Waals surface area contributed by atoms with Crippen molar-refractivity contribution in [2.75, 3.05) is 20.2 Å². The van der Waals surface area contributed by atoms with Crippen LogP contribution >= 0.6 is 0 Å². The molecule has 2 aliphatic heterocycles. The number of hydrogen-bond donors (Lipinski definition) is 2. The zero-order valence-electron chi connectivity index (χ0n) is 14.8. The molecule has 1 fully saturated rings. The molecule has 3 heterocycles. The fourth-order valence-electron chi connectivity index (χ4n) is 3.64. The van der Waals surface area contributed by atoms with E-state index in [1.54, 1.807) is 21.7 Å². The number of esters is 1. The number of hydrogen-bond acceptors (Lipinski definition) is 6. The molecule has 0 saturated carbocycles. The first-order valence-electron chi connectivity index (χ1n) is 8.74. The topological polar surface area (TPSA) is 88.5 Å². The van der Waals surface area contributed by atoms with Gasteiger partial charge in [-0.1, -0.05) is 12.1 Å². The summed E-state index contributed by atoms with van der Waals surface area (Å²) >= 11 is 0. The van der Waals surface area contributed by atoms with E-state index in [1.807, 2.05) is 6.07 Å². The Morgan fingerprint density at radius 3 is 2.93 bits per heavy atom. The van der Waals surface area contributed by atoms with Gasteiger partial charge in [-0.05, 0) is 23.8 Å². The predicted molar refractivity (Wildman–Crippen MR) is 92.8 cm³/mol. The van der Waals surface area contributed by atoms with Crippen LogP contribution in [0, 0.1) is 11.7 Å². The van der Waals surface area contributed by atoms with Gasteiger partial charge in [-0.3, -0.25) is 14.9 Å². The zero-order chi connectivity index (χ0) is 19.0. The Kier molecular flexibility index (Phi) is 4.63. The quantitative estimate of drug-likeness (QED) is 0.767. The van der Waals surface area contributed by atoms with Gasteiger partial charge in [0.1, 0.15) is 5.82 Å². The largest absolute Gasteiger partial charge is 0.464 e. The molecule has 0 aliphatic carbocycles. The van der Waals surface area contributed by atoms with Crippen molar-refractivity contribution >= 4 is 11.9 Å². The summed E-state index contributed by atoms with van der Waals surface area (Å²) in [4.78, 5) is 26.5. The molecule has 2 atom stereocenters. The van der Waals surface area contributed by atoms with E-state index in [0.29, 0.717) is 26.2 Å². The lowest BCUT2D eigenvalue weighted by Gasteiger charge is -2.31. The molecule has 142 valence electrons. The average molecular weight is 373 g/mol. The summed E-state index contributed by atoms with van der Waals surface area (Å²) in [5, 5.41) is 4.22. The number of nitrogens with one attached hydrogen (secondary N) is 2. The van der Waals surface area contributed by atoms with Gasteiger partial charge in [0.25, 0.3) is 0 Å². The van der Waals surface area contributed by atoms with Gasteiger partial charge in [-0.2, -0.15) is 5.10 Å². The van der Waals surface area contributed by atoms with E-state index in [0.717, 1.165) is 11.3 Å². The van der Waals surface area contributed by atoms with Gasteiger partial charge in [-0.25, -0.2) is 14.6 Å². The monoisotopic (exact) mass is 373 g/mol. The maximum absolute atomic E-state index is 13.6. The summed E-state index contributed by atoms with van der Waals surface area (Å²) in [7, 11) is 1.31. The van der Waals surface area contributed by atoms with E-state index >= 15 is 0 Å². The fraction of sp³-hybridized carbons (Fsp3) is 0.389. The Balaban J connectivity index is 1.51. The van der Waals surface area contributed by atoms with Gasteiger partial charge in [0.05, 0.1) is 37.9 Å². The van der Waals surface area contributed by atoms with Gasteiger partial charge in [0.15, 0.2) is 5.69 Å². The van der Waals surface area contributed by atoms with Crippen molar-refractivity contribution in [3.05, 3.63) is 53.1 Å². The predicted octanol–water partition coefficient (Wildman–Crippen LogP) is 0.616. The van der Waals surface area contributed by atoms with Gasteiger partial charge < -0.3 is 9.64 Å². The number of amides is 1. The lowest BCUT2D eigenvalue weighted by atomic mass is 9.93. The smallest absolute Gasteiger partial charge is 0.358 e. The lowest BCUT2D eigenvalue weighted by molar-refractivity contribution is -0.137. The van der Waals surface area contributed by atoms with Crippen LogP contribution < -0.4 is 10.9 Å². The van der Waals surface area contributed by atoms with E-state index in [1.165, 1.54) is 19.2 Å². The van der Waals surface area contributed by atoms with Crippen LogP contribution in [-0.2, 0) is 22.6 Å². The first-order valence-corrected chi connectivity index (χ1v) is 8.74. The number of methoxy groups -OCH3 is 1. The molecule has 0 spiro atoms. The molecule has 2 unspecified atom stereocenters. The second-order valence-corrected chi connectivity index (χ2v) is 6.66. The Labute approximate surface area is 155 Å². The maximum atomic E-state index is 13.6. The van der Waals surface area contributed by atoms with E-state index < -0.39 is 5.97 Å². The molecule has 27 heavy (non-hydrogen) atoms. The first-order chi connectivity index (χ1) is 13.1. The van der Waals surface area contributed by atoms with Crippen LogP contribution in [0.25, 0.3) is 0 Å². The van der Waals surface area contributed by atoms with Gasteiger partial charge in [-0.15, -0.1) is 0 Å². The number of aromatic nitrogens is 2. The second kappa shape index (κ2) is 7.09. The lowest BCUT2D eigenvalue weighted by Crippen LogP contribution is -2.43. The van der Waals surface area contributed by atoms with E-state index in [-0.39, 0.29) is 29.4 Å². The molecule has 2 aliphatic rings. The molecule has 9 heteroatoms. The van der Waals surface area contributed by atoms with Crippen LogP contribution in [0.15, 0.2) is 30.3 Å². The molecule has 0 bridgehead atoms. The number of halogens is 1. The minimum absolute atomic E-state index is 0.0196. The molecule has 2 N–H and O–H groups in total. The van der Waals surface area contributed by atoms with Crippen LogP contribution in [0.3, 0.4) is 0 Å². The van der Waals surface area contributed by atoms with Crippen molar-refractivity contribution in [1.29, 1.82) is 0 Å². The van der Waals surface area contributed by atoms with Crippen molar-refractivity contribution < 1.29 is 18.7 Å². The van der Waals surface area contributed by atoms with Gasteiger partial charge in [0.2, 0.25) is 5.91 Å². The molecule has 0 radical (unpaired) electrons. The summed E-state index contributed by atoms with van der Waals surface area (Å²) in [6.45, 7) is 1.84. The summed E-state index contributed by atoms with van der Waals surface area (Å²) in [6.07, 6.45) is 0. The van der Waals surface area contributed by atoms with Crippen LogP contribution in [0.5, 0.6) is 0 Å². The van der Waals surface area contributed by atoms with Crippen LogP contribution in [0.1, 0.15) is 27.8 Å². The maximum Gasteiger partial charge on any atom is 0.358 e. The first kappa shape index (κ1) is 17.6. The summed E-state index contributed by atoms with van der Waals surface area (Å²) < 4.78 is 20.0. The summed E-state index contributed by atoms with van der Waals surface area (Å²) in [5.41, 5.74) is 7.84. The molecule has 8 nitrogen and oxygen atoms in total. The minimum atomic E-state index is -0.495. The third-order valence-corrected chi connectivity index (χ3v) is 5.01. The van der Waals surface area contributed by atoms with Crippen molar-refractivity contribution in [2.24, 2.45) is 5.92 Å². The molecule has 1 aromatic heterocycles. The molecular formula is C18H20FN5O3. The van der Waals surface area contributed by atoms with Gasteiger partial charge >= 0.3 is 5.97 Å². The number of fused-ring (bicyclic) bond motifs is 1. The number of nitrogens with zero attached hydrogens (tertiary/aromatic N) is 3. The van der Waals surface area contributed by atoms with Crippen molar-refractivity contribution in [3.8, 4) is 0 Å². The molecular weight excluding hydrogens is 353 g/mol. The van der Waals surface area contributed by atoms with E-state index in [2.05, 4.69) is 16.0 Å². The van der Waals surface area contributed by atoms with Crippen molar-refractivity contribution in [3.63, 3.8) is 0 Å². The van der Waals surface area contributed by atoms with Crippen molar-refractivity contribution in [1.82, 2.24) is 25.5 Å². The van der Waals surface area contributed by atoms with E-state index in [4.69, 9.17) is 4.74 Å². The van der Waals surface area contributed by atoms with Gasteiger partial charge in [0, 0.05) is 13.1 Å². The molecule has 4 rings (SSSR count). The highest BCUT2D eigenvalue weighted by Gasteiger charge is 2.37. The van der Waals surface area contributed by atoms with Crippen LogP contribution in [0.4, 0.5) is 4.39 Å². The Morgan fingerprint density at radius 2 is 2.15 bits per heavy atom. The van der Waals surface area contributed by atoms with Crippen LogP contribution in [-0.4, -0.2) is 46.8 Å². The number of benzene rings is 1. The highest BCUT2D eigenvalue weighted by atomic mass is 19.1. The third-order valence-electron chi connectivity index (χ3n) is 5.01. The summed E-state index contributed by atoms with van der Waals surface area (Å²) in [5.74, 6) is -1.19. The molecule has 2 aromatic rings. The number of rotatable bonds is 3. The fourth-order valence-corrected chi connectivity index (χ4v) is 3.64. The Morgan fingerprint density at radius 1 is 1.30 bits per heavy atom. The van der Waals surface area contributed by atoms with Crippen LogP contribution in [0.2, 0.25) is 0 Å². The molecule has 1 saturated heterocycles. The number of ether oxygens (including phenoxy) is 1. The number of carbonyl (C=O) groups excluding carboxylic acids is 2. The highest BCUT2D eigenvalue weighted by Crippen LogP contribution is 2.28.